The van der Waals surface area contributed by atoms with Crippen LogP contribution in [0.15, 0.2) is 126 Å². The summed E-state index contributed by atoms with van der Waals surface area (Å²) in [4.78, 5) is 0. The van der Waals surface area contributed by atoms with E-state index in [9.17, 15) is 0 Å². The minimum absolute atomic E-state index is 0.123. The fourth-order valence-electron chi connectivity index (χ4n) is 6.85. The average molecular weight is 509 g/mol. The van der Waals surface area contributed by atoms with Gasteiger partial charge in [-0.3, -0.25) is 0 Å². The topological polar surface area (TPSA) is 9.23 Å². The molecule has 6 rings (SSSR count). The summed E-state index contributed by atoms with van der Waals surface area (Å²) in [7, 11) is 0. The molecule has 2 heteroatoms. The molecule has 37 heavy (non-hydrogen) atoms. The van der Waals surface area contributed by atoms with Crippen molar-refractivity contribution in [2.45, 2.75) is 64.9 Å². The largest absolute Gasteiger partial charge is 0.0683 e. The summed E-state index contributed by atoms with van der Waals surface area (Å²) < 4.78 is 7.96. The Morgan fingerprint density at radius 2 is 1.11 bits per heavy atom. The third-order valence-electron chi connectivity index (χ3n) is 8.39. The minimum atomic E-state index is -3.42. The Labute approximate surface area is 224 Å². The van der Waals surface area contributed by atoms with E-state index in [0.29, 0.717) is 5.92 Å². The first-order valence-corrected chi connectivity index (χ1v) is 16.4. The molecule has 2 aliphatic carbocycles. The van der Waals surface area contributed by atoms with Gasteiger partial charge in [0.25, 0.3) is 0 Å². The summed E-state index contributed by atoms with van der Waals surface area (Å²) in [5.41, 5.74) is 1.44. The van der Waals surface area contributed by atoms with Gasteiger partial charge in [0.15, 0.2) is 0 Å². The maximum atomic E-state index is 7.96. The third kappa shape index (κ3) is 4.18. The van der Waals surface area contributed by atoms with Gasteiger partial charge in [-0.15, -0.1) is 0 Å². The first-order chi connectivity index (χ1) is 18.3. The van der Waals surface area contributed by atoms with Gasteiger partial charge in [0, 0.05) is 0 Å². The monoisotopic (exact) mass is 508 g/mol. The maximum absolute atomic E-state index is 7.96. The van der Waals surface area contributed by atoms with Gasteiger partial charge in [-0.05, 0) is 0 Å². The van der Waals surface area contributed by atoms with Gasteiger partial charge in [0.05, 0.1) is 0 Å². The van der Waals surface area contributed by atoms with Gasteiger partial charge in [-0.1, -0.05) is 13.8 Å². The Kier molecular flexibility index (Phi) is 7.94. The molecule has 3 aliphatic rings. The van der Waals surface area contributed by atoms with Crippen molar-refractivity contribution < 1.29 is 4.52 Å². The van der Waals surface area contributed by atoms with Crippen LogP contribution in [-0.4, -0.2) is 6.10 Å². The Hall–Kier alpha value is -2.73. The molecule has 1 unspecified atom stereocenters. The van der Waals surface area contributed by atoms with Crippen molar-refractivity contribution in [3.05, 3.63) is 126 Å². The molecule has 1 saturated carbocycles. The summed E-state index contributed by atoms with van der Waals surface area (Å²) in [6.07, 6.45) is 18.1. The van der Waals surface area contributed by atoms with Crippen LogP contribution in [0.3, 0.4) is 0 Å². The molecule has 0 radical (unpaired) electrons. The van der Waals surface area contributed by atoms with Crippen molar-refractivity contribution in [1.82, 2.24) is 0 Å². The van der Waals surface area contributed by atoms with Crippen molar-refractivity contribution in [2.75, 3.05) is 0 Å². The number of hydrogen-bond donors (Lipinski definition) is 0. The van der Waals surface area contributed by atoms with Gasteiger partial charge >= 0.3 is 210 Å². The Morgan fingerprint density at radius 3 is 1.59 bits per heavy atom. The summed E-state index contributed by atoms with van der Waals surface area (Å²) in [6, 6.07) is 33.5. The molecule has 192 valence electrons. The molecule has 3 aromatic rings. The molecule has 1 fully saturated rings. The quantitative estimate of drug-likeness (QED) is 0.253. The first-order valence-electron chi connectivity index (χ1n) is 14.3. The number of rotatable bonds is 4. The summed E-state index contributed by atoms with van der Waals surface area (Å²) in [5.74, 6) is 0.561. The van der Waals surface area contributed by atoms with Crippen LogP contribution in [0.5, 0.6) is 0 Å². The minimum Gasteiger partial charge on any atom is -0.0683 e. The fourth-order valence-corrected chi connectivity index (χ4v) is 13.3. The van der Waals surface area contributed by atoms with E-state index in [0.717, 1.165) is 6.42 Å². The van der Waals surface area contributed by atoms with Crippen molar-refractivity contribution in [1.29, 1.82) is 0 Å². The summed E-state index contributed by atoms with van der Waals surface area (Å²) in [5, 5.41) is 5.47. The Balaban J connectivity index is 0.00000137. The Bertz CT molecular complexity index is 1150. The van der Waals surface area contributed by atoms with Gasteiger partial charge in [0.2, 0.25) is 0 Å². The molecule has 0 N–H and O–H groups in total. The second-order valence-electron chi connectivity index (χ2n) is 10.2. The van der Waals surface area contributed by atoms with Gasteiger partial charge in [-0.25, -0.2) is 0 Å². The Morgan fingerprint density at radius 1 is 0.622 bits per heavy atom. The molecular formula is C35H41OP. The second-order valence-corrected chi connectivity index (χ2v) is 14.6. The predicted molar refractivity (Wildman–Crippen MR) is 162 cm³/mol. The molecule has 1 atom stereocenters. The van der Waals surface area contributed by atoms with Crippen LogP contribution in [0.2, 0.25) is 0 Å². The second kappa shape index (κ2) is 11.3. The van der Waals surface area contributed by atoms with E-state index in [1.807, 2.05) is 13.8 Å². The van der Waals surface area contributed by atoms with E-state index in [2.05, 4.69) is 115 Å². The van der Waals surface area contributed by atoms with E-state index in [1.165, 1.54) is 65.3 Å². The zero-order valence-electron chi connectivity index (χ0n) is 22.4. The van der Waals surface area contributed by atoms with Crippen LogP contribution in [0.1, 0.15) is 58.8 Å². The van der Waals surface area contributed by atoms with Gasteiger partial charge in [0.1, 0.15) is 0 Å². The van der Waals surface area contributed by atoms with Crippen molar-refractivity contribution in [3.63, 3.8) is 0 Å². The molecule has 0 amide bonds. The van der Waals surface area contributed by atoms with E-state index in [-0.39, 0.29) is 6.10 Å². The normalized spacial score (nSPS) is 23.5. The van der Waals surface area contributed by atoms with Crippen LogP contribution in [-0.2, 0) is 4.52 Å². The molecule has 1 nitrogen and oxygen atoms in total. The standard InChI is InChI=1S/C33H35OP.C2H6/c1-2-8-18-27(17-7-1)33-31-25-15-6-16-26-32(31)35(34-33,28-19-9-3-10-20-28,29-21-11-4-12-22-29)30-23-13-5-14-24-30;1-2/h3-6,9-16,19-25,27,33H,1-2,7-8,17-18,26H2;1-2H3. The predicted octanol–water partition coefficient (Wildman–Crippen LogP) is 8.60. The third-order valence-corrected chi connectivity index (χ3v) is 14.4. The van der Waals surface area contributed by atoms with E-state index >= 15 is 0 Å². The van der Waals surface area contributed by atoms with Gasteiger partial charge in [-0.2, -0.15) is 0 Å². The van der Waals surface area contributed by atoms with Crippen LogP contribution in [0.25, 0.3) is 0 Å². The van der Waals surface area contributed by atoms with Crippen molar-refractivity contribution >= 4 is 22.7 Å². The smallest absolute Gasteiger partial charge is 0.0683 e. The van der Waals surface area contributed by atoms with Gasteiger partial charge < -0.3 is 0 Å². The molecule has 0 saturated heterocycles. The van der Waals surface area contributed by atoms with Crippen LogP contribution in [0, 0.1) is 5.92 Å². The van der Waals surface area contributed by atoms with E-state index < -0.39 is 6.83 Å². The molecule has 0 aromatic heterocycles. The van der Waals surface area contributed by atoms with Crippen LogP contribution in [0.4, 0.5) is 0 Å². The zero-order chi connectivity index (χ0) is 25.6. The molecule has 1 heterocycles. The van der Waals surface area contributed by atoms with Crippen LogP contribution < -0.4 is 15.9 Å². The van der Waals surface area contributed by atoms with Crippen molar-refractivity contribution in [3.8, 4) is 0 Å². The molecule has 3 aromatic carbocycles. The van der Waals surface area contributed by atoms with E-state index in [4.69, 9.17) is 4.52 Å². The molecular weight excluding hydrogens is 467 g/mol. The average Bonchev–Trinajstić information content (AvgIpc) is 3.24. The number of benzene rings is 3. The SMILES string of the molecule is C1=CCC2=C(C=C1)C(C1CCCCCC1)OP2(c1ccccc1)(c1ccccc1)c1ccccc1.CC. The number of hydrogen-bond acceptors (Lipinski definition) is 1. The summed E-state index contributed by atoms with van der Waals surface area (Å²) in [6.45, 7) is 0.577. The van der Waals surface area contributed by atoms with Crippen LogP contribution >= 0.6 is 6.83 Å². The zero-order valence-corrected chi connectivity index (χ0v) is 23.3. The number of allylic oxidation sites excluding steroid dienone is 4. The maximum Gasteiger partial charge on any atom is -0.0683 e. The molecule has 0 spiro atoms. The molecule has 1 aliphatic heterocycles. The first kappa shape index (κ1) is 25.9. The molecule has 0 bridgehead atoms. The van der Waals surface area contributed by atoms with E-state index in [1.54, 1.807) is 0 Å². The van der Waals surface area contributed by atoms with Crippen molar-refractivity contribution in [2.24, 2.45) is 5.92 Å². The summed E-state index contributed by atoms with van der Waals surface area (Å²) >= 11 is 0. The fraction of sp³-hybridized carbons (Fsp3) is 0.314.